The van der Waals surface area contributed by atoms with Crippen LogP contribution < -0.4 is 15.4 Å². The van der Waals surface area contributed by atoms with Crippen molar-refractivity contribution in [2.75, 3.05) is 7.11 Å². The van der Waals surface area contributed by atoms with Crippen LogP contribution in [0.2, 0.25) is 0 Å². The van der Waals surface area contributed by atoms with Gasteiger partial charge >= 0.3 is 6.03 Å². The predicted octanol–water partition coefficient (Wildman–Crippen LogP) is 3.04. The van der Waals surface area contributed by atoms with Crippen molar-refractivity contribution in [3.8, 4) is 5.75 Å². The number of urea groups is 1. The lowest BCUT2D eigenvalue weighted by Gasteiger charge is -2.18. The van der Waals surface area contributed by atoms with Crippen molar-refractivity contribution in [2.24, 2.45) is 0 Å². The molecule has 5 heteroatoms. The summed E-state index contributed by atoms with van der Waals surface area (Å²) in [4.78, 5) is 16.2. The van der Waals surface area contributed by atoms with Gasteiger partial charge in [0.25, 0.3) is 0 Å². The van der Waals surface area contributed by atoms with Gasteiger partial charge < -0.3 is 15.4 Å². The molecule has 1 aromatic heterocycles. The van der Waals surface area contributed by atoms with Crippen molar-refractivity contribution in [1.82, 2.24) is 15.6 Å². The van der Waals surface area contributed by atoms with E-state index in [9.17, 15) is 4.79 Å². The lowest BCUT2D eigenvalue weighted by atomic mass is 10.0. The molecule has 2 N–H and O–H groups in total. The Hall–Kier alpha value is -2.56. The second kappa shape index (κ2) is 8.02. The first kappa shape index (κ1) is 15.8. The molecule has 2 aromatic rings. The van der Waals surface area contributed by atoms with Crippen LogP contribution in [0.1, 0.15) is 30.6 Å². The van der Waals surface area contributed by atoms with Crippen LogP contribution in [-0.2, 0) is 6.54 Å². The van der Waals surface area contributed by atoms with E-state index in [1.165, 1.54) is 0 Å². The molecule has 0 bridgehead atoms. The molecule has 116 valence electrons. The van der Waals surface area contributed by atoms with Crippen molar-refractivity contribution < 1.29 is 9.53 Å². The van der Waals surface area contributed by atoms with Gasteiger partial charge in [0.1, 0.15) is 5.75 Å². The van der Waals surface area contributed by atoms with E-state index in [-0.39, 0.29) is 12.1 Å². The second-order valence-corrected chi connectivity index (χ2v) is 4.88. The summed E-state index contributed by atoms with van der Waals surface area (Å²) in [7, 11) is 1.63. The molecule has 0 fully saturated rings. The van der Waals surface area contributed by atoms with Crippen LogP contribution in [0.15, 0.2) is 48.7 Å². The number of aromatic nitrogens is 1. The fourth-order valence-corrected chi connectivity index (χ4v) is 2.14. The SMILES string of the molecule is CCC(NC(=O)NCc1ccccn1)c1ccc(OC)cc1. The van der Waals surface area contributed by atoms with E-state index in [0.717, 1.165) is 23.4 Å². The van der Waals surface area contributed by atoms with Gasteiger partial charge in [0, 0.05) is 6.20 Å². The molecular formula is C17H21N3O2. The molecule has 1 unspecified atom stereocenters. The number of hydrogen-bond acceptors (Lipinski definition) is 3. The number of hydrogen-bond donors (Lipinski definition) is 2. The van der Waals surface area contributed by atoms with Gasteiger partial charge in [-0.1, -0.05) is 25.1 Å². The molecular weight excluding hydrogens is 278 g/mol. The Morgan fingerprint density at radius 3 is 2.59 bits per heavy atom. The molecule has 22 heavy (non-hydrogen) atoms. The maximum absolute atomic E-state index is 12.0. The Labute approximate surface area is 130 Å². The number of nitrogens with one attached hydrogen (secondary N) is 2. The van der Waals surface area contributed by atoms with Crippen LogP contribution >= 0.6 is 0 Å². The largest absolute Gasteiger partial charge is 0.497 e. The first-order valence-electron chi connectivity index (χ1n) is 7.31. The first-order chi connectivity index (χ1) is 10.7. The highest BCUT2D eigenvalue weighted by Crippen LogP contribution is 2.19. The van der Waals surface area contributed by atoms with E-state index in [2.05, 4.69) is 15.6 Å². The average molecular weight is 299 g/mol. The molecule has 1 aromatic carbocycles. The zero-order chi connectivity index (χ0) is 15.8. The highest BCUT2D eigenvalue weighted by atomic mass is 16.5. The standard InChI is InChI=1S/C17H21N3O2/c1-3-16(13-7-9-15(22-2)10-8-13)20-17(21)19-12-14-6-4-5-11-18-14/h4-11,16H,3,12H2,1-2H3,(H2,19,20,21). The molecule has 0 aliphatic carbocycles. The second-order valence-electron chi connectivity index (χ2n) is 4.88. The number of ether oxygens (including phenoxy) is 1. The van der Waals surface area contributed by atoms with Crippen LogP contribution in [0.3, 0.4) is 0 Å². The number of nitrogens with zero attached hydrogens (tertiary/aromatic N) is 1. The van der Waals surface area contributed by atoms with Crippen molar-refractivity contribution in [2.45, 2.75) is 25.9 Å². The quantitative estimate of drug-likeness (QED) is 0.861. The Morgan fingerprint density at radius 1 is 1.23 bits per heavy atom. The number of carbonyl (C=O) groups excluding carboxylic acids is 1. The lowest BCUT2D eigenvalue weighted by Crippen LogP contribution is -2.37. The summed E-state index contributed by atoms with van der Waals surface area (Å²) in [5.41, 5.74) is 1.88. The zero-order valence-electron chi connectivity index (χ0n) is 12.9. The van der Waals surface area contributed by atoms with Crippen molar-refractivity contribution in [1.29, 1.82) is 0 Å². The molecule has 0 aliphatic rings. The van der Waals surface area contributed by atoms with Crippen LogP contribution in [0.5, 0.6) is 5.75 Å². The summed E-state index contributed by atoms with van der Waals surface area (Å²) in [5.74, 6) is 0.804. The van der Waals surface area contributed by atoms with Crippen LogP contribution in [0.25, 0.3) is 0 Å². The average Bonchev–Trinajstić information content (AvgIpc) is 2.59. The summed E-state index contributed by atoms with van der Waals surface area (Å²) in [6.07, 6.45) is 2.52. The van der Waals surface area contributed by atoms with Crippen LogP contribution in [0.4, 0.5) is 4.79 Å². The Kier molecular flexibility index (Phi) is 5.77. The third-order valence-electron chi connectivity index (χ3n) is 3.39. The molecule has 1 atom stereocenters. The van der Waals surface area contributed by atoms with Crippen molar-refractivity contribution in [3.05, 3.63) is 59.9 Å². The number of carbonyl (C=O) groups is 1. The predicted molar refractivity (Wildman–Crippen MR) is 85.6 cm³/mol. The molecule has 0 saturated heterocycles. The number of pyridine rings is 1. The highest BCUT2D eigenvalue weighted by molar-refractivity contribution is 5.74. The fourth-order valence-electron chi connectivity index (χ4n) is 2.14. The lowest BCUT2D eigenvalue weighted by molar-refractivity contribution is 0.236. The maximum atomic E-state index is 12.0. The van der Waals surface area contributed by atoms with Gasteiger partial charge in [0.2, 0.25) is 0 Å². The van der Waals surface area contributed by atoms with E-state index in [1.54, 1.807) is 13.3 Å². The van der Waals surface area contributed by atoms with E-state index in [0.29, 0.717) is 6.54 Å². The summed E-state index contributed by atoms with van der Waals surface area (Å²) in [5, 5.41) is 5.79. The summed E-state index contributed by atoms with van der Waals surface area (Å²) >= 11 is 0. The summed E-state index contributed by atoms with van der Waals surface area (Å²) in [6.45, 7) is 2.44. The minimum atomic E-state index is -0.201. The van der Waals surface area contributed by atoms with E-state index in [4.69, 9.17) is 4.74 Å². The van der Waals surface area contributed by atoms with Gasteiger partial charge in [-0.3, -0.25) is 4.98 Å². The molecule has 0 spiro atoms. The Bertz CT molecular complexity index is 585. The summed E-state index contributed by atoms with van der Waals surface area (Å²) < 4.78 is 5.14. The van der Waals surface area contributed by atoms with Gasteiger partial charge in [-0.2, -0.15) is 0 Å². The van der Waals surface area contributed by atoms with E-state index in [1.807, 2.05) is 49.4 Å². The van der Waals surface area contributed by atoms with Crippen molar-refractivity contribution >= 4 is 6.03 Å². The zero-order valence-corrected chi connectivity index (χ0v) is 12.9. The molecule has 2 rings (SSSR count). The highest BCUT2D eigenvalue weighted by Gasteiger charge is 2.12. The minimum absolute atomic E-state index is 0.0327. The summed E-state index contributed by atoms with van der Waals surface area (Å²) in [6, 6.07) is 13.1. The first-order valence-corrected chi connectivity index (χ1v) is 7.31. The van der Waals surface area contributed by atoms with Crippen molar-refractivity contribution in [3.63, 3.8) is 0 Å². The molecule has 1 heterocycles. The monoisotopic (exact) mass is 299 g/mol. The number of amides is 2. The number of methoxy groups -OCH3 is 1. The molecule has 0 saturated carbocycles. The third-order valence-corrected chi connectivity index (χ3v) is 3.39. The van der Waals surface area contributed by atoms with Gasteiger partial charge in [-0.05, 0) is 36.2 Å². The minimum Gasteiger partial charge on any atom is -0.497 e. The Balaban J connectivity index is 1.90. The maximum Gasteiger partial charge on any atom is 0.315 e. The fraction of sp³-hybridized carbons (Fsp3) is 0.294. The Morgan fingerprint density at radius 2 is 2.00 bits per heavy atom. The smallest absolute Gasteiger partial charge is 0.315 e. The van der Waals surface area contributed by atoms with E-state index >= 15 is 0 Å². The molecule has 2 amide bonds. The van der Waals surface area contributed by atoms with Crippen LogP contribution in [0, 0.1) is 0 Å². The van der Waals surface area contributed by atoms with Gasteiger partial charge in [0.05, 0.1) is 25.4 Å². The number of benzene rings is 1. The van der Waals surface area contributed by atoms with Gasteiger partial charge in [-0.15, -0.1) is 0 Å². The third kappa shape index (κ3) is 4.48. The topological polar surface area (TPSA) is 63.2 Å². The molecule has 0 radical (unpaired) electrons. The molecule has 5 nitrogen and oxygen atoms in total. The molecule has 0 aliphatic heterocycles. The van der Waals surface area contributed by atoms with Crippen LogP contribution in [-0.4, -0.2) is 18.1 Å². The van der Waals surface area contributed by atoms with Gasteiger partial charge in [-0.25, -0.2) is 4.79 Å². The van der Waals surface area contributed by atoms with Gasteiger partial charge in [0.15, 0.2) is 0 Å². The normalized spacial score (nSPS) is 11.5. The number of rotatable bonds is 6. The van der Waals surface area contributed by atoms with E-state index < -0.39 is 0 Å².